The highest BCUT2D eigenvalue weighted by molar-refractivity contribution is 6.36. The summed E-state index contributed by atoms with van der Waals surface area (Å²) in [5.74, 6) is -0.939. The number of amides is 1. The summed E-state index contributed by atoms with van der Waals surface area (Å²) >= 11 is 12.8. The van der Waals surface area contributed by atoms with Gasteiger partial charge in [-0.1, -0.05) is 65.7 Å². The largest absolute Gasteiger partial charge is 0.445 e. The van der Waals surface area contributed by atoms with E-state index >= 15 is 0 Å². The molecule has 0 aliphatic carbocycles. The molecule has 5 aromatic rings. The van der Waals surface area contributed by atoms with E-state index in [1.807, 2.05) is 47.6 Å². The van der Waals surface area contributed by atoms with Crippen LogP contribution in [0.2, 0.25) is 10.0 Å². The lowest BCUT2D eigenvalue weighted by molar-refractivity contribution is 0.0681. The van der Waals surface area contributed by atoms with Gasteiger partial charge in [-0.3, -0.25) is 9.99 Å². The molecule has 264 valence electrons. The molecule has 1 amide bonds. The SMILES string of the molecule is N#Cc1cnc2c(Cl)cc(NC(C3=CN(C4CCN(C(=O)OCc5ccccc5)CC4)NN3)c3ccc(F)cc3)cc2c1Nc1ccc(F)c(Cl)c1. The fourth-order valence-electron chi connectivity index (χ4n) is 6.27. The minimum absolute atomic E-state index is 0.0729. The highest BCUT2D eigenvalue weighted by Crippen LogP contribution is 2.37. The number of pyridine rings is 1. The van der Waals surface area contributed by atoms with Crippen LogP contribution >= 0.6 is 23.2 Å². The number of carbonyl (C=O) groups is 1. The Hall–Kier alpha value is -5.61. The number of anilines is 3. The zero-order valence-electron chi connectivity index (χ0n) is 27.5. The van der Waals surface area contributed by atoms with Gasteiger partial charge in [0.05, 0.1) is 38.6 Å². The van der Waals surface area contributed by atoms with Crippen molar-refractivity contribution in [2.24, 2.45) is 0 Å². The lowest BCUT2D eigenvalue weighted by atomic mass is 10.0. The highest BCUT2D eigenvalue weighted by Gasteiger charge is 2.31. The maximum Gasteiger partial charge on any atom is 0.410 e. The zero-order chi connectivity index (χ0) is 36.2. The van der Waals surface area contributed by atoms with Crippen molar-refractivity contribution in [3.8, 4) is 6.07 Å². The second kappa shape index (κ2) is 15.3. The van der Waals surface area contributed by atoms with Crippen molar-refractivity contribution in [1.29, 1.82) is 5.26 Å². The fourth-order valence-corrected chi connectivity index (χ4v) is 6.72. The molecule has 0 bridgehead atoms. The van der Waals surface area contributed by atoms with Crippen LogP contribution < -0.4 is 21.6 Å². The average Bonchev–Trinajstić information content (AvgIpc) is 3.66. The number of hydrazine groups is 2. The molecule has 4 aromatic carbocycles. The summed E-state index contributed by atoms with van der Waals surface area (Å²) in [5.41, 5.74) is 11.1. The topological polar surface area (TPSA) is 118 Å². The van der Waals surface area contributed by atoms with Gasteiger partial charge in [0.2, 0.25) is 0 Å². The van der Waals surface area contributed by atoms with E-state index in [1.165, 1.54) is 36.5 Å². The monoisotopic (exact) mass is 740 g/mol. The van der Waals surface area contributed by atoms with Crippen LogP contribution in [-0.2, 0) is 11.3 Å². The van der Waals surface area contributed by atoms with Crippen molar-refractivity contribution in [2.45, 2.75) is 31.5 Å². The number of fused-ring (bicyclic) bond motifs is 1. The number of ether oxygens (including phenoxy) is 1. The molecule has 0 radical (unpaired) electrons. The second-order valence-electron chi connectivity index (χ2n) is 12.4. The molecule has 0 spiro atoms. The standard InChI is InChI=1S/C38H32Cl2F2N8O2/c39-31-17-27(10-11-33(31)42)45-35-25(19-43)20-44-37-30(35)16-28(18-32(37)40)46-36(24-6-8-26(41)9-7-24)34-21-50(48-47-34)29-12-14-49(15-13-29)38(51)52-22-23-4-2-1-3-5-23/h1-11,16-18,20-21,29,36,46-48H,12-15,22H2,(H,44,45). The van der Waals surface area contributed by atoms with E-state index in [4.69, 9.17) is 27.9 Å². The first-order valence-electron chi connectivity index (χ1n) is 16.5. The molecule has 2 aliphatic heterocycles. The van der Waals surface area contributed by atoms with E-state index in [1.54, 1.807) is 23.1 Å². The molecule has 1 saturated heterocycles. The van der Waals surface area contributed by atoms with Crippen molar-refractivity contribution in [3.05, 3.63) is 141 Å². The number of rotatable bonds is 9. The van der Waals surface area contributed by atoms with Crippen molar-refractivity contribution in [1.82, 2.24) is 25.9 Å². The number of nitrogens with zero attached hydrogens (tertiary/aromatic N) is 4. The summed E-state index contributed by atoms with van der Waals surface area (Å²) in [4.78, 5) is 18.9. The molecule has 1 aromatic heterocycles. The average molecular weight is 742 g/mol. The second-order valence-corrected chi connectivity index (χ2v) is 13.2. The van der Waals surface area contributed by atoms with Gasteiger partial charge in [0.15, 0.2) is 0 Å². The molecule has 52 heavy (non-hydrogen) atoms. The van der Waals surface area contributed by atoms with Crippen LogP contribution in [0, 0.1) is 23.0 Å². The molecule has 0 saturated carbocycles. The van der Waals surface area contributed by atoms with Crippen molar-refractivity contribution < 1.29 is 18.3 Å². The van der Waals surface area contributed by atoms with Crippen LogP contribution in [0.5, 0.6) is 0 Å². The lowest BCUT2D eigenvalue weighted by Crippen LogP contribution is -2.49. The Labute approximate surface area is 308 Å². The van der Waals surface area contributed by atoms with Crippen molar-refractivity contribution in [2.75, 3.05) is 23.7 Å². The Bertz CT molecular complexity index is 2180. The third-order valence-corrected chi connectivity index (χ3v) is 9.57. The van der Waals surface area contributed by atoms with Gasteiger partial charge in [-0.15, -0.1) is 5.53 Å². The van der Waals surface area contributed by atoms with Crippen LogP contribution in [0.15, 0.2) is 103 Å². The van der Waals surface area contributed by atoms with Crippen LogP contribution in [0.1, 0.15) is 35.6 Å². The third-order valence-electron chi connectivity index (χ3n) is 8.99. The molecule has 1 unspecified atom stereocenters. The van der Waals surface area contributed by atoms with Gasteiger partial charge in [-0.2, -0.15) is 5.26 Å². The predicted octanol–water partition coefficient (Wildman–Crippen LogP) is 8.56. The summed E-state index contributed by atoms with van der Waals surface area (Å²) in [5, 5.41) is 19.4. The van der Waals surface area contributed by atoms with Crippen molar-refractivity contribution >= 4 is 57.3 Å². The Morgan fingerprint density at radius 1 is 1.00 bits per heavy atom. The summed E-state index contributed by atoms with van der Waals surface area (Å²) in [7, 11) is 0. The van der Waals surface area contributed by atoms with Crippen molar-refractivity contribution in [3.63, 3.8) is 0 Å². The molecule has 10 nitrogen and oxygen atoms in total. The minimum Gasteiger partial charge on any atom is -0.445 e. The minimum atomic E-state index is -0.568. The maximum atomic E-state index is 14.1. The normalized spacial score (nSPS) is 15.1. The lowest BCUT2D eigenvalue weighted by Gasteiger charge is -2.35. The molecular weight excluding hydrogens is 709 g/mol. The van der Waals surface area contributed by atoms with Gasteiger partial charge >= 0.3 is 6.09 Å². The zero-order valence-corrected chi connectivity index (χ0v) is 29.1. The predicted molar refractivity (Wildman–Crippen MR) is 196 cm³/mol. The van der Waals surface area contributed by atoms with Crippen LogP contribution in [0.4, 0.5) is 30.6 Å². The molecule has 1 atom stereocenters. The number of halogens is 4. The Morgan fingerprint density at radius 2 is 1.75 bits per heavy atom. The number of carbonyl (C=O) groups excluding carboxylic acids is 1. The smallest absolute Gasteiger partial charge is 0.410 e. The molecule has 1 fully saturated rings. The third kappa shape index (κ3) is 7.67. The highest BCUT2D eigenvalue weighted by atomic mass is 35.5. The molecule has 4 N–H and O–H groups in total. The van der Waals surface area contributed by atoms with Crippen LogP contribution in [-0.4, -0.2) is 40.1 Å². The summed E-state index contributed by atoms with van der Waals surface area (Å²) in [6.07, 6.45) is 4.45. The molecular formula is C38H32Cl2F2N8O2. The number of hydrogen-bond donors (Lipinski definition) is 4. The number of nitrogens with one attached hydrogen (secondary N) is 4. The maximum absolute atomic E-state index is 14.1. The first-order valence-corrected chi connectivity index (χ1v) is 17.2. The van der Waals surface area contributed by atoms with E-state index in [9.17, 15) is 18.8 Å². The van der Waals surface area contributed by atoms with Gasteiger partial charge < -0.3 is 25.7 Å². The summed E-state index contributed by atoms with van der Waals surface area (Å²) in [6, 6.07) is 25.2. The van der Waals surface area contributed by atoms with Gasteiger partial charge in [0, 0.05) is 48.3 Å². The Morgan fingerprint density at radius 3 is 2.48 bits per heavy atom. The van der Waals surface area contributed by atoms with Gasteiger partial charge in [0.1, 0.15) is 24.3 Å². The molecule has 7 rings (SSSR count). The number of nitriles is 1. The Balaban J connectivity index is 1.12. The van der Waals surface area contributed by atoms with Gasteiger partial charge in [-0.25, -0.2) is 13.6 Å². The van der Waals surface area contributed by atoms with E-state index < -0.39 is 11.9 Å². The molecule has 14 heteroatoms. The fraction of sp³-hybridized carbons (Fsp3) is 0.184. The quantitative estimate of drug-likeness (QED) is 0.118. The van der Waals surface area contributed by atoms with Gasteiger partial charge in [0.25, 0.3) is 0 Å². The number of benzene rings is 4. The molecule has 2 aliphatic rings. The number of piperidine rings is 1. The summed E-state index contributed by atoms with van der Waals surface area (Å²) in [6.45, 7) is 1.29. The van der Waals surface area contributed by atoms with Crippen LogP contribution in [0.25, 0.3) is 10.9 Å². The first-order chi connectivity index (χ1) is 25.2. The summed E-state index contributed by atoms with van der Waals surface area (Å²) < 4.78 is 33.5. The van der Waals surface area contributed by atoms with E-state index in [-0.39, 0.29) is 35.1 Å². The van der Waals surface area contributed by atoms with Gasteiger partial charge in [-0.05, 0) is 66.4 Å². The number of aromatic nitrogens is 1. The van der Waals surface area contributed by atoms with E-state index in [0.717, 1.165) is 16.8 Å². The first kappa shape index (κ1) is 34.8. The van der Waals surface area contributed by atoms with E-state index in [0.29, 0.717) is 58.9 Å². The van der Waals surface area contributed by atoms with Crippen LogP contribution in [0.3, 0.4) is 0 Å². The van der Waals surface area contributed by atoms with E-state index in [2.05, 4.69) is 32.6 Å². The molecule has 3 heterocycles. The number of hydrogen-bond acceptors (Lipinski definition) is 9. The Kier molecular flexibility index (Phi) is 10.3. The number of likely N-dealkylation sites (tertiary alicyclic amines) is 1.